The third kappa shape index (κ3) is 4.00. The second-order valence-corrected chi connectivity index (χ2v) is 10.6. The van der Waals surface area contributed by atoms with Crippen LogP contribution in [0.5, 0.6) is 5.75 Å². The number of thiophene rings is 1. The molecule has 1 atom stereocenters. The molecule has 10 heteroatoms. The maximum Gasteiger partial charge on any atom is 0.243 e. The number of carbonyl (C=O) groups is 1. The number of benzene rings is 1. The van der Waals surface area contributed by atoms with Gasteiger partial charge in [-0.25, -0.2) is 13.4 Å². The van der Waals surface area contributed by atoms with E-state index < -0.39 is 16.1 Å². The van der Waals surface area contributed by atoms with E-state index in [0.717, 1.165) is 16.3 Å². The average Bonchev–Trinajstić information content (AvgIpc) is 3.48. The van der Waals surface area contributed by atoms with Crippen molar-refractivity contribution in [2.45, 2.75) is 30.7 Å². The summed E-state index contributed by atoms with van der Waals surface area (Å²) in [6.45, 7) is 2.24. The predicted molar refractivity (Wildman–Crippen MR) is 119 cm³/mol. The molecular formula is C20H21N3O4S3. The van der Waals surface area contributed by atoms with Crippen LogP contribution in [0, 0.1) is 6.92 Å². The van der Waals surface area contributed by atoms with Crippen LogP contribution in [0.3, 0.4) is 0 Å². The molecule has 4 rings (SSSR count). The van der Waals surface area contributed by atoms with Gasteiger partial charge in [0, 0.05) is 23.2 Å². The molecule has 1 saturated heterocycles. The Hall–Kier alpha value is -2.27. The second-order valence-electron chi connectivity index (χ2n) is 6.90. The van der Waals surface area contributed by atoms with Crippen molar-refractivity contribution in [2.75, 3.05) is 19.0 Å². The summed E-state index contributed by atoms with van der Waals surface area (Å²) in [5.74, 6) is 0.258. The number of nitrogens with one attached hydrogen (secondary N) is 1. The number of thiazole rings is 1. The number of methoxy groups -OCH3 is 1. The summed E-state index contributed by atoms with van der Waals surface area (Å²) in [4.78, 5) is 17.7. The molecule has 1 aliphatic rings. The third-order valence-corrected chi connectivity index (χ3v) is 8.67. The molecule has 0 aliphatic carbocycles. The summed E-state index contributed by atoms with van der Waals surface area (Å²) in [6.07, 6.45) is 1.12. The molecule has 0 radical (unpaired) electrons. The van der Waals surface area contributed by atoms with Crippen LogP contribution in [-0.4, -0.2) is 43.3 Å². The number of aryl methyl sites for hydroxylation is 1. The molecule has 1 amide bonds. The van der Waals surface area contributed by atoms with Gasteiger partial charge in [0.15, 0.2) is 0 Å². The topological polar surface area (TPSA) is 88.6 Å². The molecule has 3 aromatic rings. The highest BCUT2D eigenvalue weighted by Gasteiger charge is 2.39. The highest BCUT2D eigenvalue weighted by atomic mass is 32.2. The quantitative estimate of drug-likeness (QED) is 0.597. The van der Waals surface area contributed by atoms with Crippen LogP contribution in [0.25, 0.3) is 10.6 Å². The standard InChI is InChI=1S/C20H21N3O4S3/c1-13-12-29-19(21-13)16-9-11-28-20(16)22-18(24)17-4-3-10-23(17)30(25,26)15-7-5-14(27-2)6-8-15/h5-9,11-12,17H,3-4,10H2,1-2H3,(H,22,24). The Bertz CT molecular complexity index is 1150. The van der Waals surface area contributed by atoms with Gasteiger partial charge in [0.2, 0.25) is 15.9 Å². The Balaban J connectivity index is 1.55. The molecule has 0 bridgehead atoms. The zero-order valence-electron chi connectivity index (χ0n) is 16.5. The van der Waals surface area contributed by atoms with Crippen molar-refractivity contribution in [1.29, 1.82) is 0 Å². The normalized spacial score (nSPS) is 17.2. The first-order chi connectivity index (χ1) is 14.4. The van der Waals surface area contributed by atoms with Gasteiger partial charge in [0.1, 0.15) is 21.8 Å². The lowest BCUT2D eigenvalue weighted by molar-refractivity contribution is -0.119. The van der Waals surface area contributed by atoms with Crippen LogP contribution in [0.4, 0.5) is 5.00 Å². The van der Waals surface area contributed by atoms with Gasteiger partial charge < -0.3 is 10.1 Å². The Morgan fingerprint density at radius 2 is 2.00 bits per heavy atom. The minimum Gasteiger partial charge on any atom is -0.497 e. The molecule has 1 aromatic carbocycles. The molecule has 0 saturated carbocycles. The molecule has 2 aromatic heterocycles. The lowest BCUT2D eigenvalue weighted by Crippen LogP contribution is -2.43. The molecule has 30 heavy (non-hydrogen) atoms. The van der Waals surface area contributed by atoms with Crippen LogP contribution >= 0.6 is 22.7 Å². The summed E-state index contributed by atoms with van der Waals surface area (Å²) in [7, 11) is -2.26. The van der Waals surface area contributed by atoms with Crippen molar-refractivity contribution in [3.63, 3.8) is 0 Å². The smallest absolute Gasteiger partial charge is 0.243 e. The fraction of sp³-hybridized carbons (Fsp3) is 0.300. The summed E-state index contributed by atoms with van der Waals surface area (Å²) >= 11 is 2.92. The maximum atomic E-state index is 13.1. The SMILES string of the molecule is COc1ccc(S(=O)(=O)N2CCCC2C(=O)Nc2sccc2-c2nc(C)cs2)cc1. The molecule has 1 aliphatic heterocycles. The van der Waals surface area contributed by atoms with E-state index in [9.17, 15) is 13.2 Å². The van der Waals surface area contributed by atoms with Crippen molar-refractivity contribution in [3.8, 4) is 16.3 Å². The van der Waals surface area contributed by atoms with Gasteiger partial charge in [-0.2, -0.15) is 4.31 Å². The first kappa shape index (κ1) is 21.0. The Labute approximate surface area is 183 Å². The fourth-order valence-corrected chi connectivity index (χ4v) is 6.76. The van der Waals surface area contributed by atoms with Gasteiger partial charge in [0.05, 0.1) is 12.0 Å². The molecule has 3 heterocycles. The predicted octanol–water partition coefficient (Wildman–Crippen LogP) is 3.98. The van der Waals surface area contributed by atoms with Crippen LogP contribution < -0.4 is 10.1 Å². The molecule has 1 fully saturated rings. The van der Waals surface area contributed by atoms with E-state index in [2.05, 4.69) is 10.3 Å². The van der Waals surface area contributed by atoms with Crippen LogP contribution in [0.1, 0.15) is 18.5 Å². The van der Waals surface area contributed by atoms with Crippen LogP contribution in [-0.2, 0) is 14.8 Å². The van der Waals surface area contributed by atoms with Gasteiger partial charge in [-0.3, -0.25) is 4.79 Å². The number of sulfonamides is 1. The van der Waals surface area contributed by atoms with E-state index in [1.165, 1.54) is 46.2 Å². The van der Waals surface area contributed by atoms with Gasteiger partial charge in [-0.1, -0.05) is 0 Å². The monoisotopic (exact) mass is 463 g/mol. The van der Waals surface area contributed by atoms with Crippen molar-refractivity contribution < 1.29 is 17.9 Å². The molecule has 158 valence electrons. The molecule has 1 unspecified atom stereocenters. The van der Waals surface area contributed by atoms with Crippen molar-refractivity contribution in [3.05, 3.63) is 46.8 Å². The highest BCUT2D eigenvalue weighted by molar-refractivity contribution is 7.89. The number of amides is 1. The summed E-state index contributed by atoms with van der Waals surface area (Å²) in [5.41, 5.74) is 1.78. The lowest BCUT2D eigenvalue weighted by atomic mass is 10.2. The number of hydrogen-bond donors (Lipinski definition) is 1. The van der Waals surface area contributed by atoms with Crippen LogP contribution in [0.2, 0.25) is 0 Å². The maximum absolute atomic E-state index is 13.1. The number of nitrogens with zero attached hydrogens (tertiary/aromatic N) is 2. The minimum atomic E-state index is -3.79. The summed E-state index contributed by atoms with van der Waals surface area (Å²) in [6, 6.07) is 7.38. The van der Waals surface area contributed by atoms with E-state index in [1.807, 2.05) is 23.8 Å². The Kier molecular flexibility index (Phi) is 5.92. The van der Waals surface area contributed by atoms with E-state index in [0.29, 0.717) is 30.1 Å². The number of hydrogen-bond acceptors (Lipinski definition) is 7. The van der Waals surface area contributed by atoms with E-state index in [4.69, 9.17) is 4.74 Å². The molecule has 0 spiro atoms. The van der Waals surface area contributed by atoms with Crippen molar-refractivity contribution in [2.24, 2.45) is 0 Å². The number of ether oxygens (including phenoxy) is 1. The molecular weight excluding hydrogens is 442 g/mol. The van der Waals surface area contributed by atoms with Crippen LogP contribution in [0.15, 0.2) is 46.0 Å². The van der Waals surface area contributed by atoms with E-state index in [-0.39, 0.29) is 10.8 Å². The summed E-state index contributed by atoms with van der Waals surface area (Å²) in [5, 5.41) is 8.30. The largest absolute Gasteiger partial charge is 0.497 e. The van der Waals surface area contributed by atoms with Crippen molar-refractivity contribution in [1.82, 2.24) is 9.29 Å². The van der Waals surface area contributed by atoms with Gasteiger partial charge in [-0.05, 0) is 55.5 Å². The lowest BCUT2D eigenvalue weighted by Gasteiger charge is -2.23. The van der Waals surface area contributed by atoms with E-state index >= 15 is 0 Å². The third-order valence-electron chi connectivity index (χ3n) is 4.92. The zero-order valence-corrected chi connectivity index (χ0v) is 18.9. The molecule has 7 nitrogen and oxygen atoms in total. The zero-order chi connectivity index (χ0) is 21.3. The van der Waals surface area contributed by atoms with E-state index in [1.54, 1.807) is 12.1 Å². The number of carbonyl (C=O) groups excluding carboxylic acids is 1. The number of aromatic nitrogens is 1. The second kappa shape index (κ2) is 8.46. The Morgan fingerprint density at radius 3 is 2.67 bits per heavy atom. The van der Waals surface area contributed by atoms with Gasteiger partial charge >= 0.3 is 0 Å². The average molecular weight is 464 g/mol. The Morgan fingerprint density at radius 1 is 1.23 bits per heavy atom. The van der Waals surface area contributed by atoms with Gasteiger partial charge in [0.25, 0.3) is 0 Å². The summed E-state index contributed by atoms with van der Waals surface area (Å²) < 4.78 is 32.7. The minimum absolute atomic E-state index is 0.151. The first-order valence-electron chi connectivity index (χ1n) is 9.37. The van der Waals surface area contributed by atoms with Crippen molar-refractivity contribution >= 4 is 43.6 Å². The first-order valence-corrected chi connectivity index (χ1v) is 12.6. The fourth-order valence-electron chi connectivity index (χ4n) is 3.42. The number of rotatable bonds is 6. The molecule has 1 N–H and O–H groups in total. The number of anilines is 1. The highest BCUT2D eigenvalue weighted by Crippen LogP contribution is 2.36. The van der Waals surface area contributed by atoms with Gasteiger partial charge in [-0.15, -0.1) is 22.7 Å².